The summed E-state index contributed by atoms with van der Waals surface area (Å²) >= 11 is 0. The van der Waals surface area contributed by atoms with E-state index in [1.165, 1.54) is 0 Å². The first kappa shape index (κ1) is 14.7. The molecule has 0 aliphatic carbocycles. The molecule has 0 unspecified atom stereocenters. The van der Waals surface area contributed by atoms with Crippen LogP contribution in [0.3, 0.4) is 0 Å². The van der Waals surface area contributed by atoms with Crippen molar-refractivity contribution < 1.29 is 43.5 Å². The molecule has 102 valence electrons. The van der Waals surface area contributed by atoms with Crippen molar-refractivity contribution in [3.63, 3.8) is 0 Å². The zero-order valence-corrected chi connectivity index (χ0v) is 8.56. The van der Waals surface area contributed by atoms with Crippen LogP contribution in [0, 0.1) is 29.1 Å². The van der Waals surface area contributed by atoms with Gasteiger partial charge in [-0.3, -0.25) is 0 Å². The standard InChI is InChI=1S/C7F8O2S/c8-1-2(9)4(11)6(5(12)3(1)10)18(16,17)7(13,14)15. The number of rotatable bonds is 1. The first-order valence-corrected chi connectivity index (χ1v) is 5.24. The molecule has 0 saturated carbocycles. The Kier molecular flexibility index (Phi) is 3.32. The lowest BCUT2D eigenvalue weighted by Gasteiger charge is -2.11. The van der Waals surface area contributed by atoms with Gasteiger partial charge in [0.25, 0.3) is 9.84 Å². The second-order valence-corrected chi connectivity index (χ2v) is 4.73. The molecule has 0 heterocycles. The van der Waals surface area contributed by atoms with E-state index in [9.17, 15) is 43.5 Å². The monoisotopic (exact) mass is 300 g/mol. The Hall–Kier alpha value is -1.39. The van der Waals surface area contributed by atoms with E-state index in [1.807, 2.05) is 0 Å². The van der Waals surface area contributed by atoms with Crippen molar-refractivity contribution in [1.29, 1.82) is 0 Å². The molecule has 0 bridgehead atoms. The summed E-state index contributed by atoms with van der Waals surface area (Å²) in [6, 6.07) is 0. The van der Waals surface area contributed by atoms with Crippen LogP contribution in [0.15, 0.2) is 4.90 Å². The molecule has 0 atom stereocenters. The highest BCUT2D eigenvalue weighted by molar-refractivity contribution is 7.92. The van der Waals surface area contributed by atoms with Crippen molar-refractivity contribution in [2.45, 2.75) is 10.4 Å². The molecule has 0 aromatic heterocycles. The maximum Gasteiger partial charge on any atom is 0.502 e. The minimum atomic E-state index is -6.70. The molecular formula is C7F8O2S. The van der Waals surface area contributed by atoms with Gasteiger partial charge in [0.2, 0.25) is 5.82 Å². The van der Waals surface area contributed by atoms with E-state index in [1.54, 1.807) is 0 Å². The lowest BCUT2D eigenvalue weighted by Crippen LogP contribution is -2.26. The van der Waals surface area contributed by atoms with Gasteiger partial charge in [0.05, 0.1) is 0 Å². The largest absolute Gasteiger partial charge is 0.502 e. The number of halogens is 8. The molecule has 0 amide bonds. The molecule has 11 heteroatoms. The van der Waals surface area contributed by atoms with Crippen LogP contribution in [-0.4, -0.2) is 13.9 Å². The maximum absolute atomic E-state index is 12.8. The SMILES string of the molecule is O=S(=O)(c1c(F)c(F)c(F)c(F)c1F)C(F)(F)F. The third kappa shape index (κ3) is 1.91. The number of hydrogen-bond acceptors (Lipinski definition) is 2. The Morgan fingerprint density at radius 3 is 1.22 bits per heavy atom. The summed E-state index contributed by atoms with van der Waals surface area (Å²) in [5.74, 6) is -14.5. The number of sulfone groups is 1. The minimum Gasteiger partial charge on any atom is -0.214 e. The topological polar surface area (TPSA) is 34.1 Å². The van der Waals surface area contributed by atoms with Crippen molar-refractivity contribution in [2.24, 2.45) is 0 Å². The number of hydrogen-bond donors (Lipinski definition) is 0. The number of benzene rings is 1. The van der Waals surface area contributed by atoms with Gasteiger partial charge in [-0.1, -0.05) is 0 Å². The molecule has 1 rings (SSSR count). The molecule has 0 spiro atoms. The molecule has 1 aromatic rings. The molecule has 1 aromatic carbocycles. The maximum atomic E-state index is 12.8. The van der Waals surface area contributed by atoms with Crippen LogP contribution in [0.25, 0.3) is 0 Å². The highest BCUT2D eigenvalue weighted by atomic mass is 32.2. The van der Waals surface area contributed by atoms with E-state index in [0.29, 0.717) is 0 Å². The second kappa shape index (κ2) is 4.07. The van der Waals surface area contributed by atoms with Crippen molar-refractivity contribution in [1.82, 2.24) is 0 Å². The van der Waals surface area contributed by atoms with Gasteiger partial charge in [0, 0.05) is 0 Å². The van der Waals surface area contributed by atoms with Gasteiger partial charge in [0.15, 0.2) is 28.2 Å². The first-order chi connectivity index (χ1) is 7.93. The van der Waals surface area contributed by atoms with E-state index in [2.05, 4.69) is 0 Å². The van der Waals surface area contributed by atoms with E-state index in [4.69, 9.17) is 0 Å². The Labute approximate surface area is 93.7 Å². The summed E-state index contributed by atoms with van der Waals surface area (Å²) < 4.78 is 120. The highest BCUT2D eigenvalue weighted by Crippen LogP contribution is 2.35. The molecule has 0 radical (unpaired) electrons. The van der Waals surface area contributed by atoms with E-state index >= 15 is 0 Å². The van der Waals surface area contributed by atoms with E-state index < -0.39 is 49.3 Å². The summed E-state index contributed by atoms with van der Waals surface area (Å²) in [4.78, 5) is -2.92. The third-order valence-corrected chi connectivity index (χ3v) is 3.25. The quantitative estimate of drug-likeness (QED) is 0.346. The average Bonchev–Trinajstić information content (AvgIpc) is 2.22. The van der Waals surface area contributed by atoms with Crippen LogP contribution >= 0.6 is 0 Å². The lowest BCUT2D eigenvalue weighted by atomic mass is 10.3. The van der Waals surface area contributed by atoms with Crippen LogP contribution in [0.1, 0.15) is 0 Å². The average molecular weight is 300 g/mol. The predicted molar refractivity (Wildman–Crippen MR) is 39.5 cm³/mol. The molecule has 0 N–H and O–H groups in total. The van der Waals surface area contributed by atoms with Crippen molar-refractivity contribution in [3.8, 4) is 0 Å². The van der Waals surface area contributed by atoms with Crippen LogP contribution in [0.2, 0.25) is 0 Å². The van der Waals surface area contributed by atoms with Gasteiger partial charge in [-0.05, 0) is 0 Å². The minimum absolute atomic E-state index is 2.76. The Morgan fingerprint density at radius 1 is 0.667 bits per heavy atom. The summed E-state index contributed by atoms with van der Waals surface area (Å²) in [5.41, 5.74) is -6.20. The van der Waals surface area contributed by atoms with E-state index in [-0.39, 0.29) is 0 Å². The van der Waals surface area contributed by atoms with Gasteiger partial charge in [0.1, 0.15) is 0 Å². The molecular weight excluding hydrogens is 300 g/mol. The molecule has 18 heavy (non-hydrogen) atoms. The summed E-state index contributed by atoms with van der Waals surface area (Å²) in [7, 11) is -6.70. The summed E-state index contributed by atoms with van der Waals surface area (Å²) in [6.45, 7) is 0. The molecule has 0 saturated heterocycles. The van der Waals surface area contributed by atoms with E-state index in [0.717, 1.165) is 0 Å². The molecule has 0 aliphatic heterocycles. The van der Waals surface area contributed by atoms with Crippen molar-refractivity contribution in [3.05, 3.63) is 29.1 Å². The van der Waals surface area contributed by atoms with Gasteiger partial charge >= 0.3 is 5.51 Å². The van der Waals surface area contributed by atoms with Crippen LogP contribution in [0.5, 0.6) is 0 Å². The molecule has 0 fully saturated rings. The fourth-order valence-electron chi connectivity index (χ4n) is 0.936. The van der Waals surface area contributed by atoms with Crippen LogP contribution in [-0.2, 0) is 9.84 Å². The summed E-state index contributed by atoms with van der Waals surface area (Å²) in [5, 5.41) is 0. The smallest absolute Gasteiger partial charge is 0.214 e. The first-order valence-electron chi connectivity index (χ1n) is 3.75. The highest BCUT2D eigenvalue weighted by Gasteiger charge is 2.51. The van der Waals surface area contributed by atoms with Gasteiger partial charge in [-0.2, -0.15) is 13.2 Å². The van der Waals surface area contributed by atoms with Gasteiger partial charge in [-0.25, -0.2) is 30.4 Å². The Balaban J connectivity index is 3.85. The lowest BCUT2D eigenvalue weighted by molar-refractivity contribution is -0.0440. The van der Waals surface area contributed by atoms with Crippen molar-refractivity contribution in [2.75, 3.05) is 0 Å². The summed E-state index contributed by atoms with van der Waals surface area (Å²) in [6.07, 6.45) is 0. The van der Waals surface area contributed by atoms with Crippen LogP contribution < -0.4 is 0 Å². The fraction of sp³-hybridized carbons (Fsp3) is 0.143. The number of alkyl halides is 3. The van der Waals surface area contributed by atoms with Crippen LogP contribution in [0.4, 0.5) is 35.1 Å². The second-order valence-electron chi connectivity index (χ2n) is 2.85. The zero-order valence-electron chi connectivity index (χ0n) is 7.75. The van der Waals surface area contributed by atoms with Crippen molar-refractivity contribution >= 4 is 9.84 Å². The Bertz CT molecular complexity index is 574. The van der Waals surface area contributed by atoms with Gasteiger partial charge < -0.3 is 0 Å². The van der Waals surface area contributed by atoms with Gasteiger partial charge in [-0.15, -0.1) is 0 Å². The molecule has 2 nitrogen and oxygen atoms in total. The zero-order chi connectivity index (χ0) is 14.5. The normalized spacial score (nSPS) is 12.9. The Morgan fingerprint density at radius 2 is 0.944 bits per heavy atom. The predicted octanol–water partition coefficient (Wildman–Crippen LogP) is 2.68. The fourth-order valence-corrected chi connectivity index (χ4v) is 1.82. The third-order valence-electron chi connectivity index (χ3n) is 1.74. The molecule has 0 aliphatic rings.